The van der Waals surface area contributed by atoms with Crippen molar-refractivity contribution in [2.45, 2.75) is 18.8 Å². The van der Waals surface area contributed by atoms with Crippen molar-refractivity contribution in [3.8, 4) is 0 Å². The number of nitrogens with zero attached hydrogens (tertiary/aromatic N) is 5. The first kappa shape index (κ1) is 10.5. The molecule has 0 bridgehead atoms. The van der Waals surface area contributed by atoms with E-state index in [2.05, 4.69) is 15.2 Å². The zero-order chi connectivity index (χ0) is 11.8. The standard InChI is InChI=1S/C11H15N5O/c1-15(6-7-17)10-11-14-13-9(8-2-3-8)16(11)5-4-12-10/h4-5,8,17H,2-3,6-7H2,1H3. The Kier molecular flexibility index (Phi) is 2.44. The van der Waals surface area contributed by atoms with Gasteiger partial charge in [-0.25, -0.2) is 4.98 Å². The van der Waals surface area contributed by atoms with Crippen LogP contribution >= 0.6 is 0 Å². The summed E-state index contributed by atoms with van der Waals surface area (Å²) < 4.78 is 2.01. The number of aliphatic hydroxyl groups is 1. The molecule has 0 saturated heterocycles. The van der Waals surface area contributed by atoms with E-state index in [1.165, 1.54) is 12.8 Å². The number of anilines is 1. The monoisotopic (exact) mass is 233 g/mol. The van der Waals surface area contributed by atoms with Crippen LogP contribution in [0.15, 0.2) is 12.4 Å². The number of aromatic nitrogens is 4. The predicted octanol–water partition coefficient (Wildman–Crippen LogP) is 0.430. The number of fused-ring (bicyclic) bond motifs is 1. The van der Waals surface area contributed by atoms with Gasteiger partial charge in [-0.3, -0.25) is 4.40 Å². The Labute approximate surface area is 98.9 Å². The van der Waals surface area contributed by atoms with Crippen LogP contribution in [0.3, 0.4) is 0 Å². The maximum absolute atomic E-state index is 8.96. The quantitative estimate of drug-likeness (QED) is 0.829. The summed E-state index contributed by atoms with van der Waals surface area (Å²) in [5.41, 5.74) is 0.769. The fourth-order valence-electron chi connectivity index (χ4n) is 1.98. The molecule has 6 nitrogen and oxygen atoms in total. The van der Waals surface area contributed by atoms with Crippen LogP contribution in [0.2, 0.25) is 0 Å². The summed E-state index contributed by atoms with van der Waals surface area (Å²) in [6.45, 7) is 0.640. The van der Waals surface area contributed by atoms with Gasteiger partial charge in [0.1, 0.15) is 5.82 Å². The van der Waals surface area contributed by atoms with Gasteiger partial charge in [0.05, 0.1) is 6.61 Å². The number of likely N-dealkylation sites (N-methyl/N-ethyl adjacent to an activating group) is 1. The van der Waals surface area contributed by atoms with Gasteiger partial charge in [0, 0.05) is 31.9 Å². The summed E-state index contributed by atoms with van der Waals surface area (Å²) >= 11 is 0. The van der Waals surface area contributed by atoms with Crippen molar-refractivity contribution in [2.75, 3.05) is 25.1 Å². The van der Waals surface area contributed by atoms with Gasteiger partial charge in [-0.15, -0.1) is 10.2 Å². The molecule has 2 aromatic heterocycles. The first-order valence-corrected chi connectivity index (χ1v) is 5.83. The smallest absolute Gasteiger partial charge is 0.203 e. The molecular weight excluding hydrogens is 218 g/mol. The summed E-state index contributed by atoms with van der Waals surface area (Å²) in [5, 5.41) is 17.4. The molecule has 0 unspecified atom stereocenters. The second kappa shape index (κ2) is 3.96. The Bertz CT molecular complexity index is 534. The van der Waals surface area contributed by atoms with E-state index in [4.69, 9.17) is 5.11 Å². The van der Waals surface area contributed by atoms with E-state index in [1.54, 1.807) is 6.20 Å². The highest BCUT2D eigenvalue weighted by Crippen LogP contribution is 2.39. The Morgan fingerprint density at radius 1 is 1.47 bits per heavy atom. The van der Waals surface area contributed by atoms with Crippen molar-refractivity contribution in [3.63, 3.8) is 0 Å². The van der Waals surface area contributed by atoms with Crippen LogP contribution in [0.1, 0.15) is 24.6 Å². The average Bonchev–Trinajstić information content (AvgIpc) is 3.08. The minimum atomic E-state index is 0.100. The largest absolute Gasteiger partial charge is 0.395 e. The molecule has 1 N–H and O–H groups in total. The lowest BCUT2D eigenvalue weighted by Crippen LogP contribution is -2.23. The topological polar surface area (TPSA) is 66.5 Å². The summed E-state index contributed by atoms with van der Waals surface area (Å²) in [7, 11) is 1.89. The van der Waals surface area contributed by atoms with Crippen molar-refractivity contribution in [1.82, 2.24) is 19.6 Å². The third kappa shape index (κ3) is 1.74. The molecule has 1 aliphatic rings. The fourth-order valence-corrected chi connectivity index (χ4v) is 1.98. The molecule has 2 aromatic rings. The fraction of sp³-hybridized carbons (Fsp3) is 0.545. The molecule has 0 spiro atoms. The molecule has 0 atom stereocenters. The van der Waals surface area contributed by atoms with Crippen LogP contribution in [0.5, 0.6) is 0 Å². The minimum Gasteiger partial charge on any atom is -0.395 e. The van der Waals surface area contributed by atoms with Crippen LogP contribution in [0.4, 0.5) is 5.82 Å². The Balaban J connectivity index is 2.07. The van der Waals surface area contributed by atoms with Gasteiger partial charge in [0.2, 0.25) is 5.65 Å². The zero-order valence-electron chi connectivity index (χ0n) is 9.74. The lowest BCUT2D eigenvalue weighted by molar-refractivity contribution is 0.304. The van der Waals surface area contributed by atoms with Crippen LogP contribution in [0, 0.1) is 0 Å². The molecule has 90 valence electrons. The van der Waals surface area contributed by atoms with Crippen molar-refractivity contribution >= 4 is 11.5 Å². The normalized spacial score (nSPS) is 15.4. The van der Waals surface area contributed by atoms with Crippen LogP contribution < -0.4 is 4.90 Å². The third-order valence-electron chi connectivity index (χ3n) is 3.07. The van der Waals surface area contributed by atoms with Gasteiger partial charge in [-0.1, -0.05) is 0 Å². The van der Waals surface area contributed by atoms with Gasteiger partial charge >= 0.3 is 0 Å². The summed E-state index contributed by atoms with van der Waals surface area (Å²) in [6, 6.07) is 0. The van der Waals surface area contributed by atoms with Gasteiger partial charge in [0.15, 0.2) is 5.82 Å². The van der Waals surface area contributed by atoms with E-state index in [1.807, 2.05) is 22.5 Å². The number of aliphatic hydroxyl groups excluding tert-OH is 1. The molecular formula is C11H15N5O. The van der Waals surface area contributed by atoms with Gasteiger partial charge in [-0.05, 0) is 12.8 Å². The summed E-state index contributed by atoms with van der Waals surface area (Å²) in [6.07, 6.45) is 6.06. The molecule has 0 aromatic carbocycles. The summed E-state index contributed by atoms with van der Waals surface area (Å²) in [4.78, 5) is 6.20. The molecule has 17 heavy (non-hydrogen) atoms. The second-order valence-electron chi connectivity index (χ2n) is 4.42. The minimum absolute atomic E-state index is 0.100. The lowest BCUT2D eigenvalue weighted by Gasteiger charge is -2.16. The van der Waals surface area contributed by atoms with Crippen molar-refractivity contribution in [1.29, 1.82) is 0 Å². The molecule has 0 aliphatic heterocycles. The van der Waals surface area contributed by atoms with E-state index >= 15 is 0 Å². The van der Waals surface area contributed by atoms with E-state index in [-0.39, 0.29) is 6.61 Å². The highest BCUT2D eigenvalue weighted by molar-refractivity contribution is 5.63. The zero-order valence-corrected chi connectivity index (χ0v) is 9.74. The molecule has 1 aliphatic carbocycles. The molecule has 1 fully saturated rings. The van der Waals surface area contributed by atoms with Gasteiger partial charge < -0.3 is 10.0 Å². The van der Waals surface area contributed by atoms with Crippen LogP contribution in [-0.2, 0) is 0 Å². The van der Waals surface area contributed by atoms with Crippen LogP contribution in [-0.4, -0.2) is 44.9 Å². The maximum atomic E-state index is 8.96. The van der Waals surface area contributed by atoms with Crippen molar-refractivity contribution in [3.05, 3.63) is 18.2 Å². The molecule has 6 heteroatoms. The lowest BCUT2D eigenvalue weighted by atomic mass is 10.4. The maximum Gasteiger partial charge on any atom is 0.203 e. The van der Waals surface area contributed by atoms with Crippen molar-refractivity contribution in [2.24, 2.45) is 0 Å². The van der Waals surface area contributed by atoms with Gasteiger partial charge in [0.25, 0.3) is 0 Å². The molecule has 3 rings (SSSR count). The number of rotatable bonds is 4. The molecule has 1 saturated carbocycles. The molecule has 0 amide bonds. The van der Waals surface area contributed by atoms with Crippen LogP contribution in [0.25, 0.3) is 5.65 Å². The first-order chi connectivity index (χ1) is 8.31. The first-order valence-electron chi connectivity index (χ1n) is 5.83. The van der Waals surface area contributed by atoms with E-state index < -0.39 is 0 Å². The van der Waals surface area contributed by atoms with Crippen molar-refractivity contribution < 1.29 is 5.11 Å². The van der Waals surface area contributed by atoms with E-state index in [9.17, 15) is 0 Å². The van der Waals surface area contributed by atoms with Gasteiger partial charge in [-0.2, -0.15) is 0 Å². The Hall–Kier alpha value is -1.69. The Morgan fingerprint density at radius 3 is 3.00 bits per heavy atom. The highest BCUT2D eigenvalue weighted by atomic mass is 16.3. The predicted molar refractivity (Wildman–Crippen MR) is 63.1 cm³/mol. The SMILES string of the molecule is CN(CCO)c1nccn2c(C3CC3)nnc12. The second-order valence-corrected chi connectivity index (χ2v) is 4.42. The number of hydrogen-bond donors (Lipinski definition) is 1. The number of hydrogen-bond acceptors (Lipinski definition) is 5. The average molecular weight is 233 g/mol. The Morgan fingerprint density at radius 2 is 2.29 bits per heavy atom. The van der Waals surface area contributed by atoms with E-state index in [0.717, 1.165) is 17.3 Å². The summed E-state index contributed by atoms with van der Waals surface area (Å²) in [5.74, 6) is 2.35. The highest BCUT2D eigenvalue weighted by Gasteiger charge is 2.29. The molecule has 0 radical (unpaired) electrons. The third-order valence-corrected chi connectivity index (χ3v) is 3.07. The van der Waals surface area contributed by atoms with E-state index in [0.29, 0.717) is 12.5 Å². The molecule has 2 heterocycles.